The lowest BCUT2D eigenvalue weighted by molar-refractivity contribution is 0.497. The average Bonchev–Trinajstić information content (AvgIpc) is 2.26. The van der Waals surface area contributed by atoms with Crippen molar-refractivity contribution in [3.8, 4) is 6.07 Å². The van der Waals surface area contributed by atoms with Crippen molar-refractivity contribution in [2.45, 2.75) is 13.3 Å². The zero-order valence-corrected chi connectivity index (χ0v) is 9.49. The topological polar surface area (TPSA) is 27.0 Å². The van der Waals surface area contributed by atoms with Crippen LogP contribution in [0.1, 0.15) is 18.9 Å². The molecule has 0 unspecified atom stereocenters. The van der Waals surface area contributed by atoms with E-state index >= 15 is 0 Å². The summed E-state index contributed by atoms with van der Waals surface area (Å²) in [4.78, 5) is 2.01. The average molecular weight is 200 g/mol. The molecule has 1 aromatic carbocycles. The van der Waals surface area contributed by atoms with E-state index in [0.29, 0.717) is 0 Å². The lowest BCUT2D eigenvalue weighted by Gasteiger charge is -2.17. The molecule has 0 aliphatic heterocycles. The number of hydrogen-bond acceptors (Lipinski definition) is 2. The van der Waals surface area contributed by atoms with Gasteiger partial charge in [-0.3, -0.25) is 0 Å². The second kappa shape index (κ2) is 5.21. The standard InChI is InChI=1S/C13H16N2/c1-4-13(15(2)3)12(10-14)11-8-6-5-7-9-11/h5-9H,4H2,1-3H3. The highest BCUT2D eigenvalue weighted by molar-refractivity contribution is 5.78. The first-order valence-electron chi connectivity index (χ1n) is 5.06. The van der Waals surface area contributed by atoms with Crippen LogP contribution < -0.4 is 0 Å². The summed E-state index contributed by atoms with van der Waals surface area (Å²) in [5, 5.41) is 9.20. The molecular weight excluding hydrogens is 184 g/mol. The Morgan fingerprint density at radius 3 is 2.27 bits per heavy atom. The van der Waals surface area contributed by atoms with Crippen molar-refractivity contribution in [1.29, 1.82) is 5.26 Å². The van der Waals surface area contributed by atoms with Crippen molar-refractivity contribution in [3.63, 3.8) is 0 Å². The van der Waals surface area contributed by atoms with E-state index in [9.17, 15) is 5.26 Å². The summed E-state index contributed by atoms with van der Waals surface area (Å²) in [6.07, 6.45) is 0.866. The van der Waals surface area contributed by atoms with Gasteiger partial charge in [0.2, 0.25) is 0 Å². The number of hydrogen-bond donors (Lipinski definition) is 0. The fourth-order valence-corrected chi connectivity index (χ4v) is 1.62. The van der Waals surface area contributed by atoms with Gasteiger partial charge in [0.15, 0.2) is 0 Å². The minimum absolute atomic E-state index is 0.767. The first-order chi connectivity index (χ1) is 7.20. The largest absolute Gasteiger partial charge is 0.380 e. The van der Waals surface area contributed by atoms with Crippen LogP contribution in [0.4, 0.5) is 0 Å². The Morgan fingerprint density at radius 1 is 1.27 bits per heavy atom. The van der Waals surface area contributed by atoms with E-state index < -0.39 is 0 Å². The molecule has 0 amide bonds. The molecule has 2 nitrogen and oxygen atoms in total. The zero-order chi connectivity index (χ0) is 11.3. The summed E-state index contributed by atoms with van der Waals surface area (Å²) in [7, 11) is 3.94. The van der Waals surface area contributed by atoms with Gasteiger partial charge in [-0.05, 0) is 12.0 Å². The molecule has 0 aliphatic rings. The minimum atomic E-state index is 0.767. The highest BCUT2D eigenvalue weighted by atomic mass is 15.1. The highest BCUT2D eigenvalue weighted by Crippen LogP contribution is 2.21. The van der Waals surface area contributed by atoms with Gasteiger partial charge in [-0.2, -0.15) is 5.26 Å². The molecule has 2 heteroatoms. The number of nitrogens with zero attached hydrogens (tertiary/aromatic N) is 2. The van der Waals surface area contributed by atoms with Gasteiger partial charge in [-0.15, -0.1) is 0 Å². The summed E-state index contributed by atoms with van der Waals surface area (Å²) in [5.74, 6) is 0. The van der Waals surface area contributed by atoms with E-state index in [-0.39, 0.29) is 0 Å². The highest BCUT2D eigenvalue weighted by Gasteiger charge is 2.08. The van der Waals surface area contributed by atoms with Crippen LogP contribution in [0.15, 0.2) is 36.0 Å². The Bertz CT molecular complexity index is 383. The lowest BCUT2D eigenvalue weighted by atomic mass is 10.0. The molecule has 0 N–H and O–H groups in total. The van der Waals surface area contributed by atoms with Gasteiger partial charge in [0.05, 0.1) is 5.57 Å². The molecule has 0 atom stereocenters. The monoisotopic (exact) mass is 200 g/mol. The SMILES string of the molecule is CCC(=C(C#N)c1ccccc1)N(C)C. The van der Waals surface area contributed by atoms with E-state index in [4.69, 9.17) is 0 Å². The summed E-state index contributed by atoms with van der Waals surface area (Å²) >= 11 is 0. The molecule has 0 aromatic heterocycles. The van der Waals surface area contributed by atoms with Gasteiger partial charge >= 0.3 is 0 Å². The van der Waals surface area contributed by atoms with Gasteiger partial charge in [0, 0.05) is 19.8 Å². The van der Waals surface area contributed by atoms with E-state index in [0.717, 1.165) is 23.3 Å². The van der Waals surface area contributed by atoms with Crippen LogP contribution in [-0.4, -0.2) is 19.0 Å². The maximum absolute atomic E-state index is 9.20. The molecule has 0 bridgehead atoms. The molecule has 0 saturated heterocycles. The summed E-state index contributed by atoms with van der Waals surface area (Å²) in [5.41, 5.74) is 2.83. The molecule has 1 aromatic rings. The van der Waals surface area contributed by atoms with Gasteiger partial charge in [0.25, 0.3) is 0 Å². The van der Waals surface area contributed by atoms with E-state index in [1.165, 1.54) is 0 Å². The fourth-order valence-electron chi connectivity index (χ4n) is 1.62. The predicted molar refractivity (Wildman–Crippen MR) is 63.0 cm³/mol. The maximum atomic E-state index is 9.20. The number of allylic oxidation sites excluding steroid dienone is 2. The second-order valence-corrected chi connectivity index (χ2v) is 3.55. The van der Waals surface area contributed by atoms with Crippen LogP contribution in [0.2, 0.25) is 0 Å². The molecule has 15 heavy (non-hydrogen) atoms. The van der Waals surface area contributed by atoms with Crippen LogP contribution in [0, 0.1) is 11.3 Å². The first-order valence-corrected chi connectivity index (χ1v) is 5.06. The fraction of sp³-hybridized carbons (Fsp3) is 0.308. The number of rotatable bonds is 3. The number of benzene rings is 1. The molecule has 0 radical (unpaired) electrons. The Labute approximate surface area is 91.4 Å². The molecule has 0 aliphatic carbocycles. The van der Waals surface area contributed by atoms with Gasteiger partial charge in [0.1, 0.15) is 6.07 Å². The molecule has 78 valence electrons. The van der Waals surface area contributed by atoms with Crippen LogP contribution in [0.3, 0.4) is 0 Å². The first kappa shape index (κ1) is 11.3. The number of nitriles is 1. The van der Waals surface area contributed by atoms with Crippen molar-refractivity contribution in [2.75, 3.05) is 14.1 Å². The van der Waals surface area contributed by atoms with Gasteiger partial charge in [-0.25, -0.2) is 0 Å². The van der Waals surface area contributed by atoms with Crippen molar-refractivity contribution < 1.29 is 0 Å². The molecule has 0 saturated carbocycles. The van der Waals surface area contributed by atoms with Crippen LogP contribution in [0.25, 0.3) is 5.57 Å². The third-order valence-electron chi connectivity index (χ3n) is 2.34. The Morgan fingerprint density at radius 2 is 1.87 bits per heavy atom. The molecular formula is C13H16N2. The zero-order valence-electron chi connectivity index (χ0n) is 9.49. The second-order valence-electron chi connectivity index (χ2n) is 3.55. The Kier molecular flexibility index (Phi) is 3.93. The van der Waals surface area contributed by atoms with Crippen LogP contribution in [0.5, 0.6) is 0 Å². The van der Waals surface area contributed by atoms with Crippen molar-refractivity contribution in [3.05, 3.63) is 41.6 Å². The Hall–Kier alpha value is -1.75. The van der Waals surface area contributed by atoms with Crippen molar-refractivity contribution in [1.82, 2.24) is 4.90 Å². The maximum Gasteiger partial charge on any atom is 0.102 e. The van der Waals surface area contributed by atoms with E-state index in [2.05, 4.69) is 13.0 Å². The summed E-state index contributed by atoms with van der Waals surface area (Å²) in [6, 6.07) is 12.1. The van der Waals surface area contributed by atoms with Crippen LogP contribution >= 0.6 is 0 Å². The third-order valence-corrected chi connectivity index (χ3v) is 2.34. The molecule has 0 spiro atoms. The molecule has 0 fully saturated rings. The smallest absolute Gasteiger partial charge is 0.102 e. The Balaban J connectivity index is 3.25. The van der Waals surface area contributed by atoms with Gasteiger partial charge < -0.3 is 4.90 Å². The predicted octanol–water partition coefficient (Wildman–Crippen LogP) is 2.89. The molecule has 1 rings (SSSR count). The molecule has 0 heterocycles. The van der Waals surface area contributed by atoms with Crippen molar-refractivity contribution >= 4 is 5.57 Å². The van der Waals surface area contributed by atoms with Gasteiger partial charge in [-0.1, -0.05) is 37.3 Å². The van der Waals surface area contributed by atoms with E-state index in [1.807, 2.05) is 49.3 Å². The van der Waals surface area contributed by atoms with Crippen LogP contribution in [-0.2, 0) is 0 Å². The van der Waals surface area contributed by atoms with E-state index in [1.54, 1.807) is 0 Å². The normalized spacial score (nSPS) is 11.6. The third kappa shape index (κ3) is 2.60. The minimum Gasteiger partial charge on any atom is -0.380 e. The quantitative estimate of drug-likeness (QED) is 0.701. The summed E-state index contributed by atoms with van der Waals surface area (Å²) in [6.45, 7) is 2.07. The summed E-state index contributed by atoms with van der Waals surface area (Å²) < 4.78 is 0. The lowest BCUT2D eigenvalue weighted by Crippen LogP contribution is -2.12. The van der Waals surface area contributed by atoms with Crippen molar-refractivity contribution in [2.24, 2.45) is 0 Å².